The number of carbonyl (C=O) groups excluding carboxylic acids is 1. The van der Waals surface area contributed by atoms with Gasteiger partial charge in [0.25, 0.3) is 0 Å². The molecule has 1 aromatic carbocycles. The first-order valence-corrected chi connectivity index (χ1v) is 12.8. The number of aromatic nitrogens is 1. The van der Waals surface area contributed by atoms with Crippen molar-refractivity contribution in [2.75, 3.05) is 13.1 Å². The Morgan fingerprint density at radius 3 is 2.70 bits per heavy atom. The first kappa shape index (κ1) is 22.0. The molecule has 172 valence electrons. The zero-order valence-electron chi connectivity index (χ0n) is 18.9. The van der Waals surface area contributed by atoms with E-state index >= 15 is 0 Å². The highest BCUT2D eigenvalue weighted by Crippen LogP contribution is 2.40. The number of nitrogens with zero attached hydrogens (tertiary/aromatic N) is 3. The van der Waals surface area contributed by atoms with Gasteiger partial charge in [-0.2, -0.15) is 0 Å². The van der Waals surface area contributed by atoms with Crippen LogP contribution in [0.2, 0.25) is 0 Å². The number of benzene rings is 1. The molecule has 3 heterocycles. The molecular weight excluding hydrogens is 428 g/mol. The third-order valence-electron chi connectivity index (χ3n) is 6.50. The maximum absolute atomic E-state index is 12.9. The Morgan fingerprint density at radius 1 is 1.09 bits per heavy atom. The van der Waals surface area contributed by atoms with Crippen LogP contribution in [-0.2, 0) is 11.3 Å². The van der Waals surface area contributed by atoms with Gasteiger partial charge in [0.2, 0.25) is 5.91 Å². The number of amides is 1. The van der Waals surface area contributed by atoms with Crippen molar-refractivity contribution < 1.29 is 6.22 Å². The van der Waals surface area contributed by atoms with E-state index in [4.69, 9.17) is 4.99 Å². The van der Waals surface area contributed by atoms with Gasteiger partial charge in [0.05, 0.1) is 11.6 Å². The fraction of sp³-hybridized carbons (Fsp3) is 0.370. The molecule has 1 unspecified atom stereocenters. The van der Waals surface area contributed by atoms with Gasteiger partial charge in [-0.3, -0.25) is 9.78 Å². The van der Waals surface area contributed by atoms with E-state index in [1.54, 1.807) is 24.2 Å². The third kappa shape index (κ3) is 5.22. The number of likely N-dealkylation sites (tertiary alicyclic amines) is 1. The number of amidine groups is 1. The van der Waals surface area contributed by atoms with Crippen LogP contribution in [0.15, 0.2) is 81.4 Å². The summed E-state index contributed by atoms with van der Waals surface area (Å²) in [5.41, 5.74) is 3.40. The van der Waals surface area contributed by atoms with E-state index in [0.29, 0.717) is 6.54 Å². The van der Waals surface area contributed by atoms with Crippen LogP contribution in [0.5, 0.6) is 0 Å². The van der Waals surface area contributed by atoms with Crippen LogP contribution in [0, 0.1) is 5.92 Å². The maximum Gasteiger partial charge on any atom is 0.227 e. The van der Waals surface area contributed by atoms with Gasteiger partial charge in [-0.15, -0.1) is 0 Å². The zero-order chi connectivity index (χ0) is 22.5. The number of thioether (sulfide) groups is 1. The highest BCUT2D eigenvalue weighted by atomic mass is 32.2. The number of fused-ring (bicyclic) bond motifs is 1. The van der Waals surface area contributed by atoms with Gasteiger partial charge >= 0.3 is 0 Å². The summed E-state index contributed by atoms with van der Waals surface area (Å²) in [5, 5.41) is 3.09. The SMILES string of the molecule is O=C(NCc1ccncc1)C1C=CC2=C(CC1)N=C(N1CCCCCC1)c1ccccc1S2.[HH]. The summed E-state index contributed by atoms with van der Waals surface area (Å²) < 4.78 is 0. The van der Waals surface area contributed by atoms with Crippen LogP contribution in [0.25, 0.3) is 0 Å². The summed E-state index contributed by atoms with van der Waals surface area (Å²) in [4.78, 5) is 27.1. The molecule has 1 saturated heterocycles. The van der Waals surface area contributed by atoms with Crippen LogP contribution in [0.1, 0.15) is 51.1 Å². The molecule has 5 nitrogen and oxygen atoms in total. The summed E-state index contributed by atoms with van der Waals surface area (Å²) in [6.07, 6.45) is 14.3. The average molecular weight is 461 g/mol. The second-order valence-electron chi connectivity index (χ2n) is 8.82. The highest BCUT2D eigenvalue weighted by Gasteiger charge is 2.26. The topological polar surface area (TPSA) is 57.6 Å². The molecule has 6 heteroatoms. The van der Waals surface area contributed by atoms with E-state index < -0.39 is 0 Å². The van der Waals surface area contributed by atoms with E-state index in [2.05, 4.69) is 51.6 Å². The Hall–Kier alpha value is -2.86. The van der Waals surface area contributed by atoms with Gasteiger partial charge in [-0.1, -0.05) is 48.9 Å². The number of nitrogens with one attached hydrogen (secondary N) is 1. The molecule has 1 amide bonds. The van der Waals surface area contributed by atoms with Gasteiger partial charge < -0.3 is 10.2 Å². The largest absolute Gasteiger partial charge is 0.356 e. The van der Waals surface area contributed by atoms with Crippen molar-refractivity contribution in [1.82, 2.24) is 15.2 Å². The van der Waals surface area contributed by atoms with E-state index in [-0.39, 0.29) is 13.3 Å². The van der Waals surface area contributed by atoms with Crippen molar-refractivity contribution in [2.45, 2.75) is 50.0 Å². The van der Waals surface area contributed by atoms with Gasteiger partial charge in [0, 0.05) is 48.8 Å². The molecule has 1 fully saturated rings. The number of rotatable bonds is 3. The Labute approximate surface area is 201 Å². The number of allylic oxidation sites excluding steroid dienone is 2. The summed E-state index contributed by atoms with van der Waals surface area (Å²) in [6, 6.07) is 12.5. The monoisotopic (exact) mass is 460 g/mol. The quantitative estimate of drug-likeness (QED) is 0.652. The molecular formula is C27H32N4OS. The van der Waals surface area contributed by atoms with E-state index in [0.717, 1.165) is 47.9 Å². The summed E-state index contributed by atoms with van der Waals surface area (Å²) >= 11 is 1.78. The van der Waals surface area contributed by atoms with Crippen LogP contribution >= 0.6 is 11.8 Å². The smallest absolute Gasteiger partial charge is 0.227 e. The molecule has 0 saturated carbocycles. The molecule has 33 heavy (non-hydrogen) atoms. The molecule has 1 aliphatic carbocycles. The number of hydrogen-bond donors (Lipinski definition) is 1. The third-order valence-corrected chi connectivity index (χ3v) is 7.67. The minimum Gasteiger partial charge on any atom is -0.356 e. The molecule has 1 N–H and O–H groups in total. The molecule has 2 aliphatic heterocycles. The van der Waals surface area contributed by atoms with Gasteiger partial charge in [-0.05, 0) is 55.5 Å². The number of carbonyl (C=O) groups is 1. The van der Waals surface area contributed by atoms with Crippen LogP contribution in [0.4, 0.5) is 0 Å². The molecule has 1 atom stereocenters. The molecule has 5 rings (SSSR count). The average Bonchev–Trinajstić information content (AvgIpc) is 3.29. The minimum atomic E-state index is -0.147. The maximum atomic E-state index is 12.9. The Morgan fingerprint density at radius 2 is 1.88 bits per heavy atom. The van der Waals surface area contributed by atoms with Gasteiger partial charge in [0.1, 0.15) is 5.84 Å². The summed E-state index contributed by atoms with van der Waals surface area (Å²) in [7, 11) is 0. The second kappa shape index (κ2) is 10.4. The van der Waals surface area contributed by atoms with Crippen molar-refractivity contribution >= 4 is 23.5 Å². The Balaban J connectivity index is 0.00000274. The van der Waals surface area contributed by atoms with Gasteiger partial charge in [0.15, 0.2) is 0 Å². The van der Waals surface area contributed by atoms with Crippen LogP contribution < -0.4 is 5.32 Å². The normalized spacial score (nSPS) is 20.7. The molecule has 0 spiro atoms. The molecule has 3 aliphatic rings. The summed E-state index contributed by atoms with van der Waals surface area (Å²) in [6.45, 7) is 2.66. The zero-order valence-corrected chi connectivity index (χ0v) is 19.7. The van der Waals surface area contributed by atoms with E-state index in [9.17, 15) is 4.79 Å². The fourth-order valence-corrected chi connectivity index (χ4v) is 5.69. The van der Waals surface area contributed by atoms with Crippen molar-refractivity contribution in [3.63, 3.8) is 0 Å². The fourth-order valence-electron chi connectivity index (χ4n) is 4.63. The first-order valence-electron chi connectivity index (χ1n) is 12.0. The van der Waals surface area contributed by atoms with Crippen LogP contribution in [0.3, 0.4) is 0 Å². The molecule has 2 aromatic rings. The highest BCUT2D eigenvalue weighted by molar-refractivity contribution is 8.03. The lowest BCUT2D eigenvalue weighted by atomic mass is 10.0. The first-order chi connectivity index (χ1) is 16.3. The van der Waals surface area contributed by atoms with Gasteiger partial charge in [-0.25, -0.2) is 4.99 Å². The molecule has 0 bridgehead atoms. The summed E-state index contributed by atoms with van der Waals surface area (Å²) in [5.74, 6) is 1.04. The van der Waals surface area contributed by atoms with Crippen LogP contribution in [-0.4, -0.2) is 34.7 Å². The Kier molecular flexibility index (Phi) is 6.91. The number of hydrogen-bond acceptors (Lipinski definition) is 5. The second-order valence-corrected chi connectivity index (χ2v) is 9.91. The lowest BCUT2D eigenvalue weighted by Crippen LogP contribution is -2.33. The van der Waals surface area contributed by atoms with E-state index in [1.807, 2.05) is 12.1 Å². The standard InChI is InChI=1S/C27H30N4OS.H2/c32-27(29-19-20-13-15-28-16-14-20)21-9-11-23-25(12-10-21)33-24-8-4-3-7-22(24)26(30-23)31-17-5-1-2-6-18-31;/h3-4,7-8,10,12-16,21H,1-2,5-6,9,11,17-19H2,(H,29,32);1H. The number of pyridine rings is 1. The molecule has 0 radical (unpaired) electrons. The van der Waals surface area contributed by atoms with E-state index in [1.165, 1.54) is 36.1 Å². The molecule has 1 aromatic heterocycles. The number of aliphatic imine (C=N–C) groups is 1. The predicted octanol–water partition coefficient (Wildman–Crippen LogP) is 5.55. The minimum absolute atomic E-state index is 0. The lowest BCUT2D eigenvalue weighted by molar-refractivity contribution is -0.123. The van der Waals surface area contributed by atoms with Crippen molar-refractivity contribution in [2.24, 2.45) is 10.9 Å². The van der Waals surface area contributed by atoms with Crippen molar-refractivity contribution in [3.8, 4) is 0 Å². The van der Waals surface area contributed by atoms with Crippen molar-refractivity contribution in [3.05, 3.63) is 82.7 Å². The Bertz CT molecular complexity index is 1090. The lowest BCUT2D eigenvalue weighted by Gasteiger charge is -2.25. The van der Waals surface area contributed by atoms with Crippen molar-refractivity contribution in [1.29, 1.82) is 0 Å². The predicted molar refractivity (Wildman–Crippen MR) is 136 cm³/mol.